The number of hydrogen-bond acceptors (Lipinski definition) is 4. The second-order valence-electron chi connectivity index (χ2n) is 5.00. The second-order valence-corrected chi connectivity index (χ2v) is 5.00. The molecule has 130 valence electrons. The first-order chi connectivity index (χ1) is 11.9. The molecule has 0 aliphatic rings. The van der Waals surface area contributed by atoms with Gasteiger partial charge in [0.25, 0.3) is 5.91 Å². The summed E-state index contributed by atoms with van der Waals surface area (Å²) in [6, 6.07) is 8.77. The maximum Gasteiger partial charge on any atom is 0.251 e. The standard InChI is InChI=1S/C18H17FN2O4/c1-24-15-7-3-11(9-16(15)25-2)4-8-17(22)21-12-5-6-14(19)13(10-12)18(20)23/h3-10H,1-2H3,(H2,20,23)(H,21,22)/b8-4+. The van der Waals surface area contributed by atoms with Gasteiger partial charge in [0.1, 0.15) is 5.82 Å². The van der Waals surface area contributed by atoms with Crippen molar-refractivity contribution in [2.75, 3.05) is 19.5 Å². The van der Waals surface area contributed by atoms with E-state index in [2.05, 4.69) is 5.32 Å². The van der Waals surface area contributed by atoms with Gasteiger partial charge in [0.2, 0.25) is 5.91 Å². The van der Waals surface area contributed by atoms with Crippen LogP contribution in [0, 0.1) is 5.82 Å². The van der Waals surface area contributed by atoms with Crippen LogP contribution in [0.15, 0.2) is 42.5 Å². The van der Waals surface area contributed by atoms with E-state index in [1.807, 2.05) is 0 Å². The first-order valence-corrected chi connectivity index (χ1v) is 7.25. The zero-order chi connectivity index (χ0) is 18.4. The van der Waals surface area contributed by atoms with E-state index in [9.17, 15) is 14.0 Å². The molecule has 0 fully saturated rings. The fourth-order valence-electron chi connectivity index (χ4n) is 2.10. The number of rotatable bonds is 6. The molecule has 2 rings (SSSR count). The highest BCUT2D eigenvalue weighted by atomic mass is 19.1. The van der Waals surface area contributed by atoms with E-state index in [0.717, 1.165) is 11.6 Å². The zero-order valence-electron chi connectivity index (χ0n) is 13.7. The highest BCUT2D eigenvalue weighted by Crippen LogP contribution is 2.28. The van der Waals surface area contributed by atoms with Crippen LogP contribution in [0.3, 0.4) is 0 Å². The molecule has 0 aliphatic carbocycles. The largest absolute Gasteiger partial charge is 0.493 e. The lowest BCUT2D eigenvalue weighted by atomic mass is 10.1. The summed E-state index contributed by atoms with van der Waals surface area (Å²) in [7, 11) is 3.05. The maximum atomic E-state index is 13.4. The van der Waals surface area contributed by atoms with Crippen molar-refractivity contribution >= 4 is 23.6 Å². The van der Waals surface area contributed by atoms with Crippen LogP contribution in [0.1, 0.15) is 15.9 Å². The summed E-state index contributed by atoms with van der Waals surface area (Å²) in [6.45, 7) is 0. The second kappa shape index (κ2) is 7.96. The Hall–Kier alpha value is -3.35. The number of nitrogens with two attached hydrogens (primary N) is 1. The van der Waals surface area contributed by atoms with Crippen molar-refractivity contribution in [2.45, 2.75) is 0 Å². The number of carbonyl (C=O) groups excluding carboxylic acids is 2. The summed E-state index contributed by atoms with van der Waals surface area (Å²) in [4.78, 5) is 23.1. The third-order valence-corrected chi connectivity index (χ3v) is 3.33. The van der Waals surface area contributed by atoms with Gasteiger partial charge < -0.3 is 20.5 Å². The first kappa shape index (κ1) is 18.0. The maximum absolute atomic E-state index is 13.4. The molecule has 0 atom stereocenters. The number of methoxy groups -OCH3 is 2. The molecule has 0 radical (unpaired) electrons. The van der Waals surface area contributed by atoms with Gasteiger partial charge in [-0.15, -0.1) is 0 Å². The Morgan fingerprint density at radius 1 is 1.08 bits per heavy atom. The summed E-state index contributed by atoms with van der Waals surface area (Å²) in [6.07, 6.45) is 2.88. The quantitative estimate of drug-likeness (QED) is 0.788. The van der Waals surface area contributed by atoms with Gasteiger partial charge >= 0.3 is 0 Å². The predicted octanol–water partition coefficient (Wildman–Crippen LogP) is 2.59. The molecular weight excluding hydrogens is 327 g/mol. The molecule has 0 aliphatic heterocycles. The van der Waals surface area contributed by atoms with Gasteiger partial charge in [-0.3, -0.25) is 9.59 Å². The number of nitrogens with one attached hydrogen (secondary N) is 1. The summed E-state index contributed by atoms with van der Waals surface area (Å²) in [5, 5.41) is 2.53. The molecule has 2 aromatic rings. The number of benzene rings is 2. The molecule has 6 nitrogen and oxygen atoms in total. The fourth-order valence-corrected chi connectivity index (χ4v) is 2.10. The molecule has 0 spiro atoms. The van der Waals surface area contributed by atoms with Crippen molar-refractivity contribution in [3.8, 4) is 11.5 Å². The lowest BCUT2D eigenvalue weighted by Crippen LogP contribution is -2.14. The minimum atomic E-state index is -0.908. The van der Waals surface area contributed by atoms with Crippen molar-refractivity contribution in [3.63, 3.8) is 0 Å². The topological polar surface area (TPSA) is 90.6 Å². The van der Waals surface area contributed by atoms with E-state index in [-0.39, 0.29) is 11.3 Å². The summed E-state index contributed by atoms with van der Waals surface area (Å²) in [5.74, 6) is -0.985. The molecule has 25 heavy (non-hydrogen) atoms. The number of hydrogen-bond donors (Lipinski definition) is 2. The number of primary amides is 1. The van der Waals surface area contributed by atoms with E-state index in [0.29, 0.717) is 11.5 Å². The molecule has 0 saturated heterocycles. The Morgan fingerprint density at radius 3 is 2.44 bits per heavy atom. The SMILES string of the molecule is COc1ccc(/C=C/C(=O)Nc2ccc(F)c(C(N)=O)c2)cc1OC. The molecular formula is C18H17FN2O4. The van der Waals surface area contributed by atoms with E-state index in [1.54, 1.807) is 24.3 Å². The van der Waals surface area contributed by atoms with Gasteiger partial charge in [-0.05, 0) is 42.0 Å². The van der Waals surface area contributed by atoms with Crippen molar-refractivity contribution in [1.29, 1.82) is 0 Å². The Balaban J connectivity index is 2.11. The normalized spacial score (nSPS) is 10.5. The van der Waals surface area contributed by atoms with Crippen LogP contribution in [0.5, 0.6) is 11.5 Å². The first-order valence-electron chi connectivity index (χ1n) is 7.25. The van der Waals surface area contributed by atoms with Crippen molar-refractivity contribution in [1.82, 2.24) is 0 Å². The molecule has 0 saturated carbocycles. The van der Waals surface area contributed by atoms with Gasteiger partial charge in [-0.1, -0.05) is 6.07 Å². The predicted molar refractivity (Wildman–Crippen MR) is 92.1 cm³/mol. The molecule has 0 heterocycles. The van der Waals surface area contributed by atoms with Crippen LogP contribution in [0.4, 0.5) is 10.1 Å². The number of anilines is 1. The number of amides is 2. The Kier molecular flexibility index (Phi) is 5.73. The van der Waals surface area contributed by atoms with Crippen LogP contribution in [-0.4, -0.2) is 26.0 Å². The third-order valence-electron chi connectivity index (χ3n) is 3.33. The monoisotopic (exact) mass is 344 g/mol. The van der Waals surface area contributed by atoms with Crippen LogP contribution in [-0.2, 0) is 4.79 Å². The third kappa shape index (κ3) is 4.57. The van der Waals surface area contributed by atoms with E-state index >= 15 is 0 Å². The summed E-state index contributed by atoms with van der Waals surface area (Å²) >= 11 is 0. The molecule has 0 bridgehead atoms. The van der Waals surface area contributed by atoms with Gasteiger partial charge in [0, 0.05) is 11.8 Å². The van der Waals surface area contributed by atoms with Crippen LogP contribution >= 0.6 is 0 Å². The van der Waals surface area contributed by atoms with Gasteiger partial charge in [-0.2, -0.15) is 0 Å². The molecule has 7 heteroatoms. The van der Waals surface area contributed by atoms with E-state index < -0.39 is 17.6 Å². The van der Waals surface area contributed by atoms with Gasteiger partial charge in [0.05, 0.1) is 19.8 Å². The average molecular weight is 344 g/mol. The molecule has 2 aromatic carbocycles. The van der Waals surface area contributed by atoms with Crippen LogP contribution < -0.4 is 20.5 Å². The molecule has 0 aromatic heterocycles. The smallest absolute Gasteiger partial charge is 0.251 e. The van der Waals surface area contributed by atoms with Crippen molar-refractivity contribution < 1.29 is 23.5 Å². The average Bonchev–Trinajstić information content (AvgIpc) is 2.61. The van der Waals surface area contributed by atoms with E-state index in [4.69, 9.17) is 15.2 Å². The lowest BCUT2D eigenvalue weighted by Gasteiger charge is -2.07. The lowest BCUT2D eigenvalue weighted by molar-refractivity contribution is -0.111. The Morgan fingerprint density at radius 2 is 1.80 bits per heavy atom. The molecule has 0 unspecified atom stereocenters. The van der Waals surface area contributed by atoms with E-state index in [1.165, 1.54) is 32.4 Å². The number of ether oxygens (including phenoxy) is 2. The summed E-state index contributed by atoms with van der Waals surface area (Å²) in [5.41, 5.74) is 5.77. The van der Waals surface area contributed by atoms with Crippen LogP contribution in [0.2, 0.25) is 0 Å². The Bertz CT molecular complexity index is 834. The van der Waals surface area contributed by atoms with Crippen LogP contribution in [0.25, 0.3) is 6.08 Å². The van der Waals surface area contributed by atoms with Gasteiger partial charge in [-0.25, -0.2) is 4.39 Å². The van der Waals surface area contributed by atoms with Gasteiger partial charge in [0.15, 0.2) is 11.5 Å². The number of halogens is 1. The highest BCUT2D eigenvalue weighted by Gasteiger charge is 2.10. The van der Waals surface area contributed by atoms with Crippen molar-refractivity contribution in [3.05, 3.63) is 59.4 Å². The molecule has 2 amide bonds. The summed E-state index contributed by atoms with van der Waals surface area (Å²) < 4.78 is 23.7. The minimum Gasteiger partial charge on any atom is -0.493 e. The van der Waals surface area contributed by atoms with Crippen molar-refractivity contribution in [2.24, 2.45) is 5.73 Å². The zero-order valence-corrected chi connectivity index (χ0v) is 13.7. The highest BCUT2D eigenvalue weighted by molar-refractivity contribution is 6.03. The molecule has 3 N–H and O–H groups in total. The number of carbonyl (C=O) groups is 2. The minimum absolute atomic E-state index is 0.261. The Labute approximate surface area is 144 Å². The fraction of sp³-hybridized carbons (Fsp3) is 0.111.